The molecule has 1 N–H and O–H groups in total. The maximum Gasteiger partial charge on any atom is 0.258 e. The van der Waals surface area contributed by atoms with E-state index < -0.39 is 0 Å². The molecule has 0 aliphatic heterocycles. The Kier molecular flexibility index (Phi) is 7.29. The number of ether oxygens (including phenoxy) is 2. The largest absolute Gasteiger partial charge is 0.484 e. The van der Waals surface area contributed by atoms with Gasteiger partial charge in [-0.2, -0.15) is 0 Å². The average Bonchev–Trinajstić information content (AvgIpc) is 2.60. The van der Waals surface area contributed by atoms with Gasteiger partial charge >= 0.3 is 0 Å². The number of nitrogens with one attached hydrogen (secondary N) is 1. The number of hydrogen-bond acceptors (Lipinski definition) is 4. The molecule has 1 unspecified atom stereocenters. The third-order valence-electron chi connectivity index (χ3n) is 3.59. The highest BCUT2D eigenvalue weighted by atomic mass is 16.5. The van der Waals surface area contributed by atoms with Crippen molar-refractivity contribution in [2.75, 3.05) is 27.2 Å². The maximum absolute atomic E-state index is 11.9. The molecule has 0 spiro atoms. The highest BCUT2D eigenvalue weighted by Gasteiger charge is 2.08. The van der Waals surface area contributed by atoms with Crippen LogP contribution < -0.4 is 14.8 Å². The first-order valence-corrected chi connectivity index (χ1v) is 8.43. The van der Waals surface area contributed by atoms with Crippen LogP contribution in [0.2, 0.25) is 0 Å². The maximum atomic E-state index is 11.9. The standard InChI is InChI=1S/C20H26N2O3/c1-16(13-14-22(2)3)21-20(23)15-24-17-9-11-19(12-10-17)25-18-7-5-4-6-8-18/h4-12,16H,13-15H2,1-3H3,(H,21,23). The van der Waals surface area contributed by atoms with Crippen LogP contribution in [-0.4, -0.2) is 44.1 Å². The SMILES string of the molecule is CC(CCN(C)C)NC(=O)COc1ccc(Oc2ccccc2)cc1. The summed E-state index contributed by atoms with van der Waals surface area (Å²) in [5.74, 6) is 2.02. The molecule has 1 atom stereocenters. The minimum atomic E-state index is -0.115. The van der Waals surface area contributed by atoms with E-state index in [1.807, 2.05) is 63.5 Å². The van der Waals surface area contributed by atoms with Crippen LogP contribution >= 0.6 is 0 Å². The van der Waals surface area contributed by atoms with Crippen molar-refractivity contribution in [3.05, 3.63) is 54.6 Å². The Hall–Kier alpha value is -2.53. The molecule has 0 aliphatic carbocycles. The molecule has 0 heterocycles. The van der Waals surface area contributed by atoms with Crippen molar-refractivity contribution in [2.45, 2.75) is 19.4 Å². The van der Waals surface area contributed by atoms with Crippen LogP contribution in [-0.2, 0) is 4.79 Å². The fourth-order valence-corrected chi connectivity index (χ4v) is 2.22. The second-order valence-electron chi connectivity index (χ2n) is 6.24. The van der Waals surface area contributed by atoms with Crippen molar-refractivity contribution in [1.82, 2.24) is 10.2 Å². The molecule has 5 nitrogen and oxygen atoms in total. The van der Waals surface area contributed by atoms with Crippen LogP contribution in [0, 0.1) is 0 Å². The molecule has 0 aliphatic rings. The number of amides is 1. The predicted octanol–water partition coefficient (Wildman–Crippen LogP) is 3.31. The van der Waals surface area contributed by atoms with E-state index in [4.69, 9.17) is 9.47 Å². The number of rotatable bonds is 9. The lowest BCUT2D eigenvalue weighted by molar-refractivity contribution is -0.123. The summed E-state index contributed by atoms with van der Waals surface area (Å²) in [6.07, 6.45) is 0.907. The third-order valence-corrected chi connectivity index (χ3v) is 3.59. The number of nitrogens with zero attached hydrogens (tertiary/aromatic N) is 1. The van der Waals surface area contributed by atoms with Crippen LogP contribution in [0.3, 0.4) is 0 Å². The van der Waals surface area contributed by atoms with Crippen molar-refractivity contribution >= 4 is 5.91 Å². The zero-order valence-electron chi connectivity index (χ0n) is 15.1. The molecule has 0 fully saturated rings. The Labute approximate surface area is 149 Å². The van der Waals surface area contributed by atoms with Gasteiger partial charge in [-0.1, -0.05) is 18.2 Å². The molecular weight excluding hydrogens is 316 g/mol. The molecule has 0 radical (unpaired) electrons. The highest BCUT2D eigenvalue weighted by Crippen LogP contribution is 2.23. The van der Waals surface area contributed by atoms with Crippen LogP contribution in [0.1, 0.15) is 13.3 Å². The highest BCUT2D eigenvalue weighted by molar-refractivity contribution is 5.77. The van der Waals surface area contributed by atoms with E-state index in [0.29, 0.717) is 5.75 Å². The minimum Gasteiger partial charge on any atom is -0.484 e. The van der Waals surface area contributed by atoms with Crippen molar-refractivity contribution in [2.24, 2.45) is 0 Å². The van der Waals surface area contributed by atoms with Gasteiger partial charge < -0.3 is 19.7 Å². The molecule has 0 aromatic heterocycles. The van der Waals surface area contributed by atoms with E-state index in [2.05, 4.69) is 10.2 Å². The number of benzene rings is 2. The summed E-state index contributed by atoms with van der Waals surface area (Å²) in [6, 6.07) is 16.9. The fraction of sp³-hybridized carbons (Fsp3) is 0.350. The summed E-state index contributed by atoms with van der Waals surface area (Å²) in [4.78, 5) is 14.0. The monoisotopic (exact) mass is 342 g/mol. The molecule has 0 saturated heterocycles. The smallest absolute Gasteiger partial charge is 0.258 e. The zero-order valence-corrected chi connectivity index (χ0v) is 15.1. The summed E-state index contributed by atoms with van der Waals surface area (Å²) >= 11 is 0. The van der Waals surface area contributed by atoms with Crippen molar-refractivity contribution < 1.29 is 14.3 Å². The van der Waals surface area contributed by atoms with Gasteiger partial charge in [-0.25, -0.2) is 0 Å². The van der Waals surface area contributed by atoms with E-state index in [0.717, 1.165) is 24.5 Å². The number of hydrogen-bond donors (Lipinski definition) is 1. The van der Waals surface area contributed by atoms with Gasteiger partial charge in [-0.15, -0.1) is 0 Å². The molecule has 2 aromatic rings. The zero-order chi connectivity index (χ0) is 18.1. The number of carbonyl (C=O) groups excluding carboxylic acids is 1. The summed E-state index contributed by atoms with van der Waals surface area (Å²) < 4.78 is 11.2. The lowest BCUT2D eigenvalue weighted by Gasteiger charge is -2.17. The van der Waals surface area contributed by atoms with Crippen LogP contribution in [0.15, 0.2) is 54.6 Å². The third kappa shape index (κ3) is 7.27. The summed E-state index contributed by atoms with van der Waals surface area (Å²) in [7, 11) is 4.03. The first kappa shape index (κ1) is 18.8. The summed E-state index contributed by atoms with van der Waals surface area (Å²) in [5.41, 5.74) is 0. The molecule has 1 amide bonds. The second kappa shape index (κ2) is 9.69. The van der Waals surface area contributed by atoms with Gasteiger partial charge in [0.2, 0.25) is 0 Å². The van der Waals surface area contributed by atoms with E-state index in [1.165, 1.54) is 0 Å². The molecule has 134 valence electrons. The molecular formula is C20H26N2O3. The van der Waals surface area contributed by atoms with Gasteiger partial charge in [0, 0.05) is 6.04 Å². The number of para-hydroxylation sites is 1. The average molecular weight is 342 g/mol. The number of carbonyl (C=O) groups is 1. The van der Waals surface area contributed by atoms with Gasteiger partial charge in [-0.05, 0) is 70.4 Å². The first-order chi connectivity index (χ1) is 12.0. The van der Waals surface area contributed by atoms with E-state index in [1.54, 1.807) is 12.1 Å². The molecule has 2 rings (SSSR count). The normalized spacial score (nSPS) is 11.8. The van der Waals surface area contributed by atoms with Crippen molar-refractivity contribution in [1.29, 1.82) is 0 Å². The molecule has 5 heteroatoms. The van der Waals surface area contributed by atoms with Gasteiger partial charge in [0.15, 0.2) is 6.61 Å². The van der Waals surface area contributed by atoms with E-state index in [9.17, 15) is 4.79 Å². The fourth-order valence-electron chi connectivity index (χ4n) is 2.22. The Bertz CT molecular complexity index is 642. The van der Waals surface area contributed by atoms with Gasteiger partial charge in [0.05, 0.1) is 0 Å². The summed E-state index contributed by atoms with van der Waals surface area (Å²) in [6.45, 7) is 2.94. The summed E-state index contributed by atoms with van der Waals surface area (Å²) in [5, 5.41) is 2.93. The second-order valence-corrected chi connectivity index (χ2v) is 6.24. The van der Waals surface area contributed by atoms with Crippen molar-refractivity contribution in [3.8, 4) is 17.2 Å². The first-order valence-electron chi connectivity index (χ1n) is 8.43. The molecule has 25 heavy (non-hydrogen) atoms. The Morgan fingerprint density at radius 1 is 1.00 bits per heavy atom. The lowest BCUT2D eigenvalue weighted by atomic mass is 10.2. The molecule has 0 bridgehead atoms. The van der Waals surface area contributed by atoms with Gasteiger partial charge in [0.25, 0.3) is 5.91 Å². The molecule has 2 aromatic carbocycles. The van der Waals surface area contributed by atoms with Crippen LogP contribution in [0.25, 0.3) is 0 Å². The molecule has 0 saturated carbocycles. The lowest BCUT2D eigenvalue weighted by Crippen LogP contribution is -2.37. The van der Waals surface area contributed by atoms with E-state index in [-0.39, 0.29) is 18.6 Å². The topological polar surface area (TPSA) is 50.8 Å². The predicted molar refractivity (Wildman–Crippen MR) is 99.2 cm³/mol. The minimum absolute atomic E-state index is 0.00515. The quantitative estimate of drug-likeness (QED) is 0.759. The van der Waals surface area contributed by atoms with Gasteiger partial charge in [-0.3, -0.25) is 4.79 Å². The van der Waals surface area contributed by atoms with E-state index >= 15 is 0 Å². The Balaban J connectivity index is 1.74. The Morgan fingerprint density at radius 3 is 2.24 bits per heavy atom. The van der Waals surface area contributed by atoms with Crippen LogP contribution in [0.4, 0.5) is 0 Å². The van der Waals surface area contributed by atoms with Crippen molar-refractivity contribution in [3.63, 3.8) is 0 Å². The van der Waals surface area contributed by atoms with Gasteiger partial charge in [0.1, 0.15) is 17.2 Å². The van der Waals surface area contributed by atoms with Crippen LogP contribution in [0.5, 0.6) is 17.2 Å². The Morgan fingerprint density at radius 2 is 1.60 bits per heavy atom.